The molecule has 4 rings (SSSR count). The Morgan fingerprint density at radius 1 is 1.25 bits per heavy atom. The number of amides is 1. The number of rotatable bonds is 5. The van der Waals surface area contributed by atoms with Crippen molar-refractivity contribution >= 4 is 17.2 Å². The molecule has 2 bridgehead atoms. The minimum atomic E-state index is -4.35. The molecule has 0 aliphatic heterocycles. The Hall–Kier alpha value is -1.89. The highest BCUT2D eigenvalue weighted by Gasteiger charge is 2.42. The van der Waals surface area contributed by atoms with Crippen molar-refractivity contribution in [1.82, 2.24) is 10.3 Å². The fourth-order valence-corrected chi connectivity index (χ4v) is 5.63. The molecule has 3 nitrogen and oxygen atoms in total. The van der Waals surface area contributed by atoms with Crippen molar-refractivity contribution in [2.24, 2.45) is 17.8 Å². The summed E-state index contributed by atoms with van der Waals surface area (Å²) in [5, 5.41) is 5.55. The number of nitrogens with one attached hydrogen (secondary N) is 1. The van der Waals surface area contributed by atoms with Gasteiger partial charge >= 0.3 is 6.18 Å². The third kappa shape index (κ3) is 4.09. The molecule has 1 heterocycles. The molecule has 28 heavy (non-hydrogen) atoms. The smallest absolute Gasteiger partial charge is 0.353 e. The van der Waals surface area contributed by atoms with Crippen LogP contribution in [0.4, 0.5) is 13.2 Å². The van der Waals surface area contributed by atoms with Gasteiger partial charge in [-0.1, -0.05) is 18.6 Å². The molecule has 2 aliphatic rings. The van der Waals surface area contributed by atoms with Gasteiger partial charge in [0, 0.05) is 17.0 Å². The lowest BCUT2D eigenvalue weighted by Gasteiger charge is -2.28. The van der Waals surface area contributed by atoms with Gasteiger partial charge in [0.25, 0.3) is 0 Å². The highest BCUT2D eigenvalue weighted by Crippen LogP contribution is 2.49. The molecule has 4 unspecified atom stereocenters. The zero-order valence-electron chi connectivity index (χ0n) is 15.6. The standard InChI is InChI=1S/C21H23F3N2OS/c1-12(18-9-13-2-3-15(18)8-13)25-19(27)10-17-11-28-20(26-17)14-4-6-16(7-5-14)21(22,23)24/h4-7,11-13,15,18H,2-3,8-10H2,1H3,(H,25,27). The maximum absolute atomic E-state index is 12.7. The van der Waals surface area contributed by atoms with E-state index in [9.17, 15) is 18.0 Å². The first-order valence-electron chi connectivity index (χ1n) is 9.71. The third-order valence-corrected chi connectivity index (χ3v) is 7.12. The summed E-state index contributed by atoms with van der Waals surface area (Å²) < 4.78 is 38.0. The van der Waals surface area contributed by atoms with Crippen molar-refractivity contribution in [1.29, 1.82) is 0 Å². The largest absolute Gasteiger partial charge is 0.416 e. The maximum atomic E-state index is 12.7. The molecule has 2 aromatic rings. The fourth-order valence-electron chi connectivity index (χ4n) is 4.81. The second-order valence-electron chi connectivity index (χ2n) is 8.09. The van der Waals surface area contributed by atoms with Crippen molar-refractivity contribution in [3.8, 4) is 10.6 Å². The molecular weight excluding hydrogens is 385 g/mol. The first-order valence-corrected chi connectivity index (χ1v) is 10.6. The van der Waals surface area contributed by atoms with E-state index in [0.29, 0.717) is 22.2 Å². The Morgan fingerprint density at radius 2 is 2.00 bits per heavy atom. The predicted molar refractivity (Wildman–Crippen MR) is 103 cm³/mol. The molecule has 7 heteroatoms. The third-order valence-electron chi connectivity index (χ3n) is 6.18. The number of hydrogen-bond donors (Lipinski definition) is 1. The highest BCUT2D eigenvalue weighted by atomic mass is 32.1. The number of carbonyl (C=O) groups is 1. The number of nitrogens with zero attached hydrogens (tertiary/aromatic N) is 1. The van der Waals surface area contributed by atoms with Crippen molar-refractivity contribution in [2.45, 2.75) is 51.2 Å². The summed E-state index contributed by atoms with van der Waals surface area (Å²) >= 11 is 1.34. The summed E-state index contributed by atoms with van der Waals surface area (Å²) in [5.74, 6) is 2.14. The van der Waals surface area contributed by atoms with Crippen LogP contribution in [-0.2, 0) is 17.4 Å². The van der Waals surface area contributed by atoms with Crippen LogP contribution in [0.25, 0.3) is 10.6 Å². The summed E-state index contributed by atoms with van der Waals surface area (Å²) in [6.45, 7) is 2.10. The normalized spacial score (nSPS) is 25.1. The van der Waals surface area contributed by atoms with Crippen LogP contribution in [0.5, 0.6) is 0 Å². The predicted octanol–water partition coefficient (Wildman–Crippen LogP) is 5.31. The molecule has 0 saturated heterocycles. The molecule has 1 N–H and O–H groups in total. The van der Waals surface area contributed by atoms with Crippen LogP contribution in [0.2, 0.25) is 0 Å². The Labute approximate surface area is 166 Å². The molecule has 2 aliphatic carbocycles. The Bertz CT molecular complexity index is 846. The van der Waals surface area contributed by atoms with Crippen LogP contribution in [0.1, 0.15) is 43.9 Å². The molecule has 0 radical (unpaired) electrons. The van der Waals surface area contributed by atoms with Gasteiger partial charge in [-0.2, -0.15) is 13.2 Å². The van der Waals surface area contributed by atoms with E-state index in [2.05, 4.69) is 17.2 Å². The van der Waals surface area contributed by atoms with Gasteiger partial charge in [0.1, 0.15) is 5.01 Å². The van der Waals surface area contributed by atoms with Crippen molar-refractivity contribution < 1.29 is 18.0 Å². The molecule has 4 atom stereocenters. The summed E-state index contributed by atoms with van der Waals surface area (Å²) in [6.07, 6.45) is 1.02. The van der Waals surface area contributed by atoms with Crippen molar-refractivity contribution in [2.75, 3.05) is 0 Å². The average Bonchev–Trinajstić information content (AvgIpc) is 3.38. The monoisotopic (exact) mass is 408 g/mol. The fraction of sp³-hybridized carbons (Fsp3) is 0.524. The lowest BCUT2D eigenvalue weighted by molar-refractivity contribution is -0.137. The van der Waals surface area contributed by atoms with E-state index in [1.54, 1.807) is 5.38 Å². The number of fused-ring (bicyclic) bond motifs is 2. The lowest BCUT2D eigenvalue weighted by Crippen LogP contribution is -2.40. The molecular formula is C21H23F3N2OS. The number of alkyl halides is 3. The molecule has 2 saturated carbocycles. The van der Waals surface area contributed by atoms with Gasteiger partial charge in [0.2, 0.25) is 5.91 Å². The SMILES string of the molecule is CC(NC(=O)Cc1csc(-c2ccc(C(F)(F)F)cc2)n1)C1CC2CCC1C2. The number of hydrogen-bond acceptors (Lipinski definition) is 3. The van der Waals surface area contributed by atoms with Crippen molar-refractivity contribution in [3.63, 3.8) is 0 Å². The van der Waals surface area contributed by atoms with Crippen LogP contribution in [0.3, 0.4) is 0 Å². The van der Waals surface area contributed by atoms with Gasteiger partial charge in [0.15, 0.2) is 0 Å². The van der Waals surface area contributed by atoms with E-state index >= 15 is 0 Å². The Kier molecular flexibility index (Phi) is 5.21. The second kappa shape index (κ2) is 7.50. The van der Waals surface area contributed by atoms with E-state index in [1.807, 2.05) is 0 Å². The van der Waals surface area contributed by atoms with E-state index < -0.39 is 11.7 Å². The zero-order valence-corrected chi connectivity index (χ0v) is 16.4. The first-order chi connectivity index (χ1) is 13.3. The number of carbonyl (C=O) groups excluding carboxylic acids is 1. The van der Waals surface area contributed by atoms with Gasteiger partial charge in [-0.3, -0.25) is 4.79 Å². The topological polar surface area (TPSA) is 42.0 Å². The summed E-state index contributed by atoms with van der Waals surface area (Å²) in [6, 6.07) is 5.13. The minimum Gasteiger partial charge on any atom is -0.353 e. The van der Waals surface area contributed by atoms with E-state index in [-0.39, 0.29) is 18.4 Å². The van der Waals surface area contributed by atoms with Crippen LogP contribution < -0.4 is 5.32 Å². The second-order valence-corrected chi connectivity index (χ2v) is 8.95. The van der Waals surface area contributed by atoms with Crippen molar-refractivity contribution in [3.05, 3.63) is 40.9 Å². The summed E-state index contributed by atoms with van der Waals surface area (Å²) in [7, 11) is 0. The lowest BCUT2D eigenvalue weighted by atomic mass is 9.84. The van der Waals surface area contributed by atoms with Crippen LogP contribution >= 0.6 is 11.3 Å². The van der Waals surface area contributed by atoms with Gasteiger partial charge < -0.3 is 5.32 Å². The van der Waals surface area contributed by atoms with Gasteiger partial charge in [-0.05, 0) is 56.1 Å². The molecule has 150 valence electrons. The zero-order chi connectivity index (χ0) is 19.9. The number of aromatic nitrogens is 1. The average molecular weight is 408 g/mol. The minimum absolute atomic E-state index is 0.0421. The van der Waals surface area contributed by atoms with Crippen LogP contribution in [0, 0.1) is 17.8 Å². The maximum Gasteiger partial charge on any atom is 0.416 e. The molecule has 1 aromatic carbocycles. The van der Waals surface area contributed by atoms with Gasteiger partial charge in [0.05, 0.1) is 17.7 Å². The van der Waals surface area contributed by atoms with E-state index in [4.69, 9.17) is 0 Å². The molecule has 2 fully saturated rings. The highest BCUT2D eigenvalue weighted by molar-refractivity contribution is 7.13. The first kappa shape index (κ1) is 19.4. The van der Waals surface area contributed by atoms with Crippen LogP contribution in [0.15, 0.2) is 29.6 Å². The van der Waals surface area contributed by atoms with Gasteiger partial charge in [-0.15, -0.1) is 11.3 Å². The number of benzene rings is 1. The number of thiazole rings is 1. The molecule has 1 aromatic heterocycles. The van der Waals surface area contributed by atoms with E-state index in [0.717, 1.165) is 24.0 Å². The molecule has 1 amide bonds. The quantitative estimate of drug-likeness (QED) is 0.728. The Balaban J connectivity index is 1.34. The summed E-state index contributed by atoms with van der Waals surface area (Å²) in [5.41, 5.74) is 0.597. The van der Waals surface area contributed by atoms with Gasteiger partial charge in [-0.25, -0.2) is 4.98 Å². The summed E-state index contributed by atoms with van der Waals surface area (Å²) in [4.78, 5) is 16.8. The Morgan fingerprint density at radius 3 is 2.61 bits per heavy atom. The molecule has 0 spiro atoms. The van der Waals surface area contributed by atoms with Crippen LogP contribution in [-0.4, -0.2) is 16.9 Å². The number of halogens is 3. The van der Waals surface area contributed by atoms with E-state index in [1.165, 1.54) is 49.2 Å².